The van der Waals surface area contributed by atoms with Gasteiger partial charge in [0, 0.05) is 28.9 Å². The summed E-state index contributed by atoms with van der Waals surface area (Å²) in [7, 11) is 0. The molecule has 0 radical (unpaired) electrons. The van der Waals surface area contributed by atoms with Crippen molar-refractivity contribution < 1.29 is 13.6 Å². The molecular weight excluding hydrogens is 498 g/mol. The molecule has 0 atom stereocenters. The van der Waals surface area contributed by atoms with Crippen molar-refractivity contribution in [3.63, 3.8) is 0 Å². The highest BCUT2D eigenvalue weighted by atomic mass is 19.1. The summed E-state index contributed by atoms with van der Waals surface area (Å²) < 4.78 is 30.2. The molecule has 2 aromatic rings. The number of aromatic nitrogens is 2. The Kier molecular flexibility index (Phi) is 9.89. The molecular formula is C30H36F2N6O. The fraction of sp³-hybridized carbons (Fsp3) is 0.300. The summed E-state index contributed by atoms with van der Waals surface area (Å²) in [6, 6.07) is 5.19. The van der Waals surface area contributed by atoms with Gasteiger partial charge in [-0.3, -0.25) is 9.69 Å². The Balaban J connectivity index is 2.23. The van der Waals surface area contributed by atoms with Crippen LogP contribution in [-0.4, -0.2) is 47.0 Å². The smallest absolute Gasteiger partial charge is 0.248 e. The monoisotopic (exact) mass is 534 g/mol. The van der Waals surface area contributed by atoms with Crippen molar-refractivity contribution in [3.8, 4) is 11.3 Å². The molecule has 0 unspecified atom stereocenters. The van der Waals surface area contributed by atoms with E-state index in [9.17, 15) is 4.79 Å². The van der Waals surface area contributed by atoms with Crippen LogP contribution < -0.4 is 16.0 Å². The Morgan fingerprint density at radius 2 is 1.92 bits per heavy atom. The maximum absolute atomic E-state index is 15.1. The minimum atomic E-state index is -0.867. The number of hydrogen-bond donors (Lipinski definition) is 2. The number of nitrogens with two attached hydrogens (primary N) is 1. The Morgan fingerprint density at radius 1 is 1.21 bits per heavy atom. The zero-order valence-corrected chi connectivity index (χ0v) is 23.0. The first-order valence-corrected chi connectivity index (χ1v) is 13.0. The molecule has 1 aromatic heterocycles. The minimum Gasteiger partial charge on any atom is -0.366 e. The van der Waals surface area contributed by atoms with Gasteiger partial charge in [-0.1, -0.05) is 39.1 Å². The predicted octanol–water partition coefficient (Wildman–Crippen LogP) is 6.28. The lowest BCUT2D eigenvalue weighted by molar-refractivity contribution is 0.0999. The van der Waals surface area contributed by atoms with E-state index < -0.39 is 17.6 Å². The number of carbonyl (C=O) groups is 1. The third kappa shape index (κ3) is 6.31. The van der Waals surface area contributed by atoms with Gasteiger partial charge in [0.05, 0.1) is 5.69 Å². The van der Waals surface area contributed by atoms with Crippen molar-refractivity contribution in [2.75, 3.05) is 36.4 Å². The molecule has 0 spiro atoms. The van der Waals surface area contributed by atoms with Crippen LogP contribution >= 0.6 is 0 Å². The topological polar surface area (TPSA) is 87.4 Å². The Bertz CT molecular complexity index is 1360. The lowest BCUT2D eigenvalue weighted by Crippen LogP contribution is -2.27. The second kappa shape index (κ2) is 13.1. The second-order valence-corrected chi connectivity index (χ2v) is 8.98. The first kappa shape index (κ1) is 29.4. The van der Waals surface area contributed by atoms with Crippen molar-refractivity contribution in [2.24, 2.45) is 5.73 Å². The van der Waals surface area contributed by atoms with Crippen molar-refractivity contribution in [2.45, 2.75) is 34.1 Å². The van der Waals surface area contributed by atoms with Crippen LogP contribution in [0.4, 0.5) is 20.5 Å². The predicted molar refractivity (Wildman–Crippen MR) is 155 cm³/mol. The quantitative estimate of drug-likeness (QED) is 0.246. The van der Waals surface area contributed by atoms with Gasteiger partial charge in [-0.25, -0.2) is 13.8 Å². The van der Waals surface area contributed by atoms with Gasteiger partial charge in [-0.2, -0.15) is 4.98 Å². The van der Waals surface area contributed by atoms with Gasteiger partial charge in [0.2, 0.25) is 11.9 Å². The SMILES string of the molecule is C=C/C(F)=C(\C(F)=C/C)N1C(=C)C=Cc2c(-c3cccc(C(N)=O)c3C)nc(NCCCN(CC)CC)nc21. The summed E-state index contributed by atoms with van der Waals surface area (Å²) in [5.41, 5.74) is 8.20. The molecule has 0 saturated heterocycles. The highest BCUT2D eigenvalue weighted by Crippen LogP contribution is 2.41. The van der Waals surface area contributed by atoms with Gasteiger partial charge in [-0.15, -0.1) is 0 Å². The number of fused-ring (bicyclic) bond motifs is 1. The van der Waals surface area contributed by atoms with Crippen molar-refractivity contribution in [1.29, 1.82) is 0 Å². The van der Waals surface area contributed by atoms with E-state index in [4.69, 9.17) is 10.7 Å². The molecule has 0 aliphatic carbocycles. The number of nitrogens with zero attached hydrogens (tertiary/aromatic N) is 4. The summed E-state index contributed by atoms with van der Waals surface area (Å²) in [5, 5.41) is 3.27. The zero-order valence-electron chi connectivity index (χ0n) is 23.0. The van der Waals surface area contributed by atoms with Crippen LogP contribution in [0.5, 0.6) is 0 Å². The van der Waals surface area contributed by atoms with Crippen LogP contribution in [0.25, 0.3) is 17.3 Å². The van der Waals surface area contributed by atoms with E-state index in [0.717, 1.165) is 32.1 Å². The number of rotatable bonds is 12. The molecule has 39 heavy (non-hydrogen) atoms. The maximum atomic E-state index is 15.1. The maximum Gasteiger partial charge on any atom is 0.248 e. The molecule has 0 bridgehead atoms. The Labute approximate surface area is 229 Å². The Hall–Kier alpha value is -4.11. The van der Waals surface area contributed by atoms with Crippen LogP contribution in [0.15, 0.2) is 72.6 Å². The highest BCUT2D eigenvalue weighted by molar-refractivity contribution is 5.97. The summed E-state index contributed by atoms with van der Waals surface area (Å²) in [4.78, 5) is 25.2. The molecule has 0 fully saturated rings. The van der Waals surface area contributed by atoms with Gasteiger partial charge in [0.1, 0.15) is 17.4 Å². The zero-order chi connectivity index (χ0) is 28.7. The van der Waals surface area contributed by atoms with Gasteiger partial charge in [-0.05, 0) is 75.8 Å². The number of allylic oxidation sites excluding steroid dienone is 5. The van der Waals surface area contributed by atoms with Crippen molar-refractivity contribution in [1.82, 2.24) is 14.9 Å². The summed E-state index contributed by atoms with van der Waals surface area (Å²) in [5.74, 6) is -1.71. The number of benzene rings is 1. The van der Waals surface area contributed by atoms with E-state index in [1.165, 1.54) is 17.9 Å². The van der Waals surface area contributed by atoms with E-state index >= 15 is 8.78 Å². The van der Waals surface area contributed by atoms with Gasteiger partial charge >= 0.3 is 0 Å². The summed E-state index contributed by atoms with van der Waals surface area (Å²) in [6.07, 6.45) is 6.34. The molecule has 1 amide bonds. The molecule has 2 heterocycles. The molecule has 3 rings (SSSR count). The number of amides is 1. The number of primary amides is 1. The van der Waals surface area contributed by atoms with Crippen LogP contribution in [0, 0.1) is 6.92 Å². The molecule has 0 saturated carbocycles. The normalized spacial score (nSPS) is 13.9. The van der Waals surface area contributed by atoms with Crippen LogP contribution in [0.3, 0.4) is 0 Å². The third-order valence-corrected chi connectivity index (χ3v) is 6.66. The lowest BCUT2D eigenvalue weighted by atomic mass is 9.95. The number of anilines is 2. The average molecular weight is 535 g/mol. The largest absolute Gasteiger partial charge is 0.366 e. The number of halogens is 2. The molecule has 1 aliphatic heterocycles. The molecule has 7 nitrogen and oxygen atoms in total. The van der Waals surface area contributed by atoms with Crippen molar-refractivity contribution in [3.05, 3.63) is 89.3 Å². The number of hydrogen-bond acceptors (Lipinski definition) is 6. The first-order valence-electron chi connectivity index (χ1n) is 13.0. The fourth-order valence-electron chi connectivity index (χ4n) is 4.47. The minimum absolute atomic E-state index is 0.242. The van der Waals surface area contributed by atoms with E-state index in [-0.39, 0.29) is 17.5 Å². The number of nitrogens with one attached hydrogen (secondary N) is 1. The van der Waals surface area contributed by atoms with Crippen LogP contribution in [0.2, 0.25) is 0 Å². The van der Waals surface area contributed by atoms with Gasteiger partial charge < -0.3 is 16.0 Å². The summed E-state index contributed by atoms with van der Waals surface area (Å²) >= 11 is 0. The lowest BCUT2D eigenvalue weighted by Gasteiger charge is -2.31. The molecule has 1 aromatic carbocycles. The van der Waals surface area contributed by atoms with Gasteiger partial charge in [0.15, 0.2) is 5.82 Å². The standard InChI is InChI=1S/C30H36F2N6O/c1-7-24(31)27(25(32)8-2)38-19(5)15-16-23-26(21-13-11-14-22(20(21)6)28(33)39)35-30(36-29(23)38)34-17-12-18-37(9-3)10-4/h7-8,11,13-16H,1,5,9-10,12,17-18H2,2-4,6H3,(H2,33,39)(H,34,35,36)/b25-8+,27-24-. The summed E-state index contributed by atoms with van der Waals surface area (Å²) in [6.45, 7) is 18.4. The van der Waals surface area contributed by atoms with Gasteiger partial charge in [0.25, 0.3) is 0 Å². The number of carbonyl (C=O) groups excluding carboxylic acids is 1. The van der Waals surface area contributed by atoms with E-state index in [2.05, 4.69) is 42.2 Å². The Morgan fingerprint density at radius 3 is 2.54 bits per heavy atom. The fourth-order valence-corrected chi connectivity index (χ4v) is 4.47. The second-order valence-electron chi connectivity index (χ2n) is 8.98. The molecule has 1 aliphatic rings. The third-order valence-electron chi connectivity index (χ3n) is 6.66. The van der Waals surface area contributed by atoms with E-state index in [0.29, 0.717) is 40.2 Å². The molecule has 206 valence electrons. The molecule has 3 N–H and O–H groups in total. The van der Waals surface area contributed by atoms with E-state index in [1.807, 2.05) is 6.07 Å². The molecule has 9 heteroatoms. The van der Waals surface area contributed by atoms with Crippen LogP contribution in [-0.2, 0) is 0 Å². The highest BCUT2D eigenvalue weighted by Gasteiger charge is 2.30. The van der Waals surface area contributed by atoms with E-state index in [1.54, 1.807) is 31.2 Å². The van der Waals surface area contributed by atoms with Crippen molar-refractivity contribution >= 4 is 23.7 Å². The first-order chi connectivity index (χ1) is 18.7. The average Bonchev–Trinajstić information content (AvgIpc) is 2.93. The van der Waals surface area contributed by atoms with Crippen LogP contribution in [0.1, 0.15) is 48.7 Å².